The smallest absolute Gasteiger partial charge is 0.358 e. The number of carboxylic acids is 1. The largest absolute Gasteiger partial charge is 0.476 e. The molecule has 0 saturated heterocycles. The molecule has 0 fully saturated rings. The molecular formula is C16H21N3O2. The SMILES string of the molecule is Cc1ccc(Cn2nnc(C(=O)O)c2CC(C)C)cc1C. The number of carboxylic acid groups (broad SMARTS) is 1. The lowest BCUT2D eigenvalue weighted by molar-refractivity contribution is 0.0689. The fraction of sp³-hybridized carbons (Fsp3) is 0.438. The van der Waals surface area contributed by atoms with Crippen molar-refractivity contribution in [1.29, 1.82) is 0 Å². The predicted molar refractivity (Wildman–Crippen MR) is 80.5 cm³/mol. The number of rotatable bonds is 5. The summed E-state index contributed by atoms with van der Waals surface area (Å²) in [5.74, 6) is -0.669. The van der Waals surface area contributed by atoms with Crippen LogP contribution in [0.4, 0.5) is 0 Å². The molecule has 0 spiro atoms. The molecule has 2 aromatic rings. The third-order valence-electron chi connectivity index (χ3n) is 3.55. The van der Waals surface area contributed by atoms with Crippen LogP contribution in [-0.2, 0) is 13.0 Å². The highest BCUT2D eigenvalue weighted by Gasteiger charge is 2.19. The molecule has 0 aliphatic rings. The molecule has 112 valence electrons. The van der Waals surface area contributed by atoms with E-state index < -0.39 is 5.97 Å². The summed E-state index contributed by atoms with van der Waals surface area (Å²) < 4.78 is 1.70. The topological polar surface area (TPSA) is 68.0 Å². The summed E-state index contributed by atoms with van der Waals surface area (Å²) in [6, 6.07) is 6.22. The maximum absolute atomic E-state index is 11.3. The van der Waals surface area contributed by atoms with Crippen molar-refractivity contribution in [1.82, 2.24) is 15.0 Å². The van der Waals surface area contributed by atoms with E-state index >= 15 is 0 Å². The molecule has 1 heterocycles. The van der Waals surface area contributed by atoms with Crippen LogP contribution < -0.4 is 0 Å². The van der Waals surface area contributed by atoms with Crippen LogP contribution in [0, 0.1) is 19.8 Å². The van der Waals surface area contributed by atoms with Crippen LogP contribution in [0.1, 0.15) is 46.7 Å². The van der Waals surface area contributed by atoms with Crippen molar-refractivity contribution in [2.75, 3.05) is 0 Å². The van der Waals surface area contributed by atoms with Gasteiger partial charge in [-0.1, -0.05) is 37.3 Å². The van der Waals surface area contributed by atoms with Crippen LogP contribution in [0.25, 0.3) is 0 Å². The van der Waals surface area contributed by atoms with E-state index in [4.69, 9.17) is 0 Å². The van der Waals surface area contributed by atoms with E-state index in [2.05, 4.69) is 50.1 Å². The molecule has 1 N–H and O–H groups in total. The van der Waals surface area contributed by atoms with Crippen molar-refractivity contribution in [3.63, 3.8) is 0 Å². The predicted octanol–water partition coefficient (Wildman–Crippen LogP) is 2.84. The maximum atomic E-state index is 11.3. The Hall–Kier alpha value is -2.17. The van der Waals surface area contributed by atoms with Gasteiger partial charge in [-0.15, -0.1) is 5.10 Å². The van der Waals surface area contributed by atoms with Gasteiger partial charge >= 0.3 is 5.97 Å². The fourth-order valence-electron chi connectivity index (χ4n) is 2.29. The summed E-state index contributed by atoms with van der Waals surface area (Å²) in [5.41, 5.74) is 4.32. The Kier molecular flexibility index (Phi) is 4.40. The molecule has 1 aromatic heterocycles. The van der Waals surface area contributed by atoms with E-state index in [1.165, 1.54) is 11.1 Å². The van der Waals surface area contributed by atoms with Crippen LogP contribution in [0.5, 0.6) is 0 Å². The van der Waals surface area contributed by atoms with Gasteiger partial charge in [-0.05, 0) is 42.9 Å². The average molecular weight is 287 g/mol. The van der Waals surface area contributed by atoms with E-state index in [1.54, 1.807) is 4.68 Å². The standard InChI is InChI=1S/C16H21N3O2/c1-10(2)7-14-15(16(20)21)17-18-19(14)9-13-6-5-11(3)12(4)8-13/h5-6,8,10H,7,9H2,1-4H3,(H,20,21). The molecule has 5 heteroatoms. The molecule has 5 nitrogen and oxygen atoms in total. The normalized spacial score (nSPS) is 11.1. The van der Waals surface area contributed by atoms with Gasteiger partial charge in [-0.3, -0.25) is 0 Å². The molecule has 21 heavy (non-hydrogen) atoms. The van der Waals surface area contributed by atoms with Crippen LogP contribution in [-0.4, -0.2) is 26.1 Å². The van der Waals surface area contributed by atoms with E-state index in [-0.39, 0.29) is 5.69 Å². The van der Waals surface area contributed by atoms with Gasteiger partial charge < -0.3 is 5.11 Å². The molecule has 0 aliphatic heterocycles. The highest BCUT2D eigenvalue weighted by Crippen LogP contribution is 2.16. The van der Waals surface area contributed by atoms with Crippen molar-refractivity contribution >= 4 is 5.97 Å². The minimum Gasteiger partial charge on any atom is -0.476 e. The van der Waals surface area contributed by atoms with Gasteiger partial charge in [0.25, 0.3) is 0 Å². The first-order valence-electron chi connectivity index (χ1n) is 7.10. The van der Waals surface area contributed by atoms with Gasteiger partial charge in [0.2, 0.25) is 0 Å². The van der Waals surface area contributed by atoms with Crippen molar-refractivity contribution in [2.45, 2.75) is 40.7 Å². The molecule has 0 atom stereocenters. The third-order valence-corrected chi connectivity index (χ3v) is 3.55. The number of carbonyl (C=O) groups is 1. The number of aromatic nitrogens is 3. The van der Waals surface area contributed by atoms with E-state index in [1.807, 2.05) is 6.07 Å². The highest BCUT2D eigenvalue weighted by atomic mass is 16.4. The number of hydrogen-bond acceptors (Lipinski definition) is 3. The van der Waals surface area contributed by atoms with Crippen LogP contribution >= 0.6 is 0 Å². The Labute approximate surface area is 124 Å². The van der Waals surface area contributed by atoms with Crippen molar-refractivity contribution in [3.05, 3.63) is 46.3 Å². The van der Waals surface area contributed by atoms with E-state index in [0.29, 0.717) is 24.6 Å². The van der Waals surface area contributed by atoms with Gasteiger partial charge in [0.05, 0.1) is 12.2 Å². The average Bonchev–Trinajstić information content (AvgIpc) is 2.76. The fourth-order valence-corrected chi connectivity index (χ4v) is 2.29. The number of aryl methyl sites for hydroxylation is 2. The lowest BCUT2D eigenvalue weighted by Gasteiger charge is -2.10. The van der Waals surface area contributed by atoms with Crippen LogP contribution in [0.3, 0.4) is 0 Å². The highest BCUT2D eigenvalue weighted by molar-refractivity contribution is 5.86. The Bertz CT molecular complexity index is 660. The van der Waals surface area contributed by atoms with Gasteiger partial charge in [0, 0.05) is 0 Å². The number of nitrogens with zero attached hydrogens (tertiary/aromatic N) is 3. The second-order valence-electron chi connectivity index (χ2n) is 5.86. The minimum absolute atomic E-state index is 0.0625. The van der Waals surface area contributed by atoms with Crippen molar-refractivity contribution in [3.8, 4) is 0 Å². The molecule has 0 unspecified atom stereocenters. The second kappa shape index (κ2) is 6.08. The van der Waals surface area contributed by atoms with E-state index in [9.17, 15) is 9.90 Å². The zero-order valence-corrected chi connectivity index (χ0v) is 12.9. The summed E-state index contributed by atoms with van der Waals surface area (Å²) in [6.45, 7) is 8.79. The zero-order chi connectivity index (χ0) is 15.6. The summed E-state index contributed by atoms with van der Waals surface area (Å²) >= 11 is 0. The number of aromatic carboxylic acids is 1. The Balaban J connectivity index is 2.34. The monoisotopic (exact) mass is 287 g/mol. The van der Waals surface area contributed by atoms with Gasteiger partial charge in [-0.2, -0.15) is 0 Å². The molecule has 0 aliphatic carbocycles. The lowest BCUT2D eigenvalue weighted by Crippen LogP contribution is -2.12. The molecular weight excluding hydrogens is 266 g/mol. The zero-order valence-electron chi connectivity index (χ0n) is 12.9. The second-order valence-corrected chi connectivity index (χ2v) is 5.86. The lowest BCUT2D eigenvalue weighted by atomic mass is 10.0. The van der Waals surface area contributed by atoms with Gasteiger partial charge in [0.1, 0.15) is 0 Å². The first-order chi connectivity index (χ1) is 9.88. The van der Waals surface area contributed by atoms with Crippen molar-refractivity contribution in [2.24, 2.45) is 5.92 Å². The third kappa shape index (κ3) is 3.48. The van der Waals surface area contributed by atoms with Crippen molar-refractivity contribution < 1.29 is 9.90 Å². The summed E-state index contributed by atoms with van der Waals surface area (Å²) in [7, 11) is 0. The Morgan fingerprint density at radius 2 is 2.00 bits per heavy atom. The molecule has 0 radical (unpaired) electrons. The Morgan fingerprint density at radius 3 is 2.57 bits per heavy atom. The van der Waals surface area contributed by atoms with Gasteiger partial charge in [0.15, 0.2) is 5.69 Å². The number of hydrogen-bond donors (Lipinski definition) is 1. The minimum atomic E-state index is -1.02. The maximum Gasteiger partial charge on any atom is 0.358 e. The first kappa shape index (κ1) is 15.2. The molecule has 2 rings (SSSR count). The van der Waals surface area contributed by atoms with E-state index in [0.717, 1.165) is 5.56 Å². The summed E-state index contributed by atoms with van der Waals surface area (Å²) in [4.78, 5) is 11.3. The number of benzene rings is 1. The molecule has 1 aromatic carbocycles. The summed E-state index contributed by atoms with van der Waals surface area (Å²) in [6.07, 6.45) is 0.652. The molecule has 0 bridgehead atoms. The quantitative estimate of drug-likeness (QED) is 0.918. The molecule has 0 amide bonds. The molecule has 0 saturated carbocycles. The summed E-state index contributed by atoms with van der Waals surface area (Å²) in [5, 5.41) is 17.1. The van der Waals surface area contributed by atoms with Gasteiger partial charge in [-0.25, -0.2) is 9.48 Å². The van der Waals surface area contributed by atoms with Crippen LogP contribution in [0.15, 0.2) is 18.2 Å². The van der Waals surface area contributed by atoms with Crippen LogP contribution in [0.2, 0.25) is 0 Å². The Morgan fingerprint density at radius 1 is 1.29 bits per heavy atom. The first-order valence-corrected chi connectivity index (χ1v) is 7.10.